The lowest BCUT2D eigenvalue weighted by atomic mass is 10.2. The highest BCUT2D eigenvalue weighted by Gasteiger charge is 2.16. The molecule has 0 aromatic rings. The van der Waals surface area contributed by atoms with E-state index in [-0.39, 0.29) is 11.5 Å². The summed E-state index contributed by atoms with van der Waals surface area (Å²) >= 11 is 0. The van der Waals surface area contributed by atoms with Crippen LogP contribution in [-0.4, -0.2) is 61.5 Å². The predicted molar refractivity (Wildman–Crippen MR) is 78.7 cm³/mol. The first-order valence-electron chi connectivity index (χ1n) is 7.27. The van der Waals surface area contributed by atoms with Gasteiger partial charge in [-0.05, 0) is 6.42 Å². The molecule has 0 aliphatic carbocycles. The largest absolute Gasteiger partial charge is 0.374 e. The van der Waals surface area contributed by atoms with E-state index in [1.807, 2.05) is 11.0 Å². The highest BCUT2D eigenvalue weighted by Crippen LogP contribution is 2.04. The first kappa shape index (κ1) is 16.5. The molecular weight excluding hydrogens is 254 g/mol. The third-order valence-electron chi connectivity index (χ3n) is 3.34. The number of rotatable bonds is 7. The average molecular weight is 279 g/mol. The molecule has 0 atom stereocenters. The fraction of sp³-hybridized carbons (Fsp3) is 0.714. The van der Waals surface area contributed by atoms with E-state index in [0.29, 0.717) is 13.1 Å². The minimum atomic E-state index is -0.273. The zero-order chi connectivity index (χ0) is 14.8. The molecule has 1 aliphatic heterocycles. The van der Waals surface area contributed by atoms with Crippen molar-refractivity contribution < 1.29 is 4.79 Å². The summed E-state index contributed by atoms with van der Waals surface area (Å²) in [5, 5.41) is 11.9. The van der Waals surface area contributed by atoms with Gasteiger partial charge in [0.15, 0.2) is 0 Å². The fourth-order valence-corrected chi connectivity index (χ4v) is 2.09. The van der Waals surface area contributed by atoms with E-state index < -0.39 is 0 Å². The first-order valence-corrected chi connectivity index (χ1v) is 7.27. The van der Waals surface area contributed by atoms with E-state index in [9.17, 15) is 4.79 Å². The lowest BCUT2D eigenvalue weighted by Gasteiger charge is -2.33. The monoisotopic (exact) mass is 279 g/mol. The standard InChI is InChI=1S/C14H25N5O/c1-2-3-5-17-14(20)13(11-16)12-19-9-7-18(6-4-15)8-10-19/h12H,2-10,15H2,1H3,(H,17,20)/b13-12-. The fourth-order valence-electron chi connectivity index (χ4n) is 2.09. The number of unbranched alkanes of at least 4 members (excludes halogenated alkanes) is 1. The third kappa shape index (κ3) is 5.59. The molecule has 0 saturated carbocycles. The quantitative estimate of drug-likeness (QED) is 0.386. The van der Waals surface area contributed by atoms with Crippen LogP contribution < -0.4 is 11.1 Å². The van der Waals surface area contributed by atoms with Crippen molar-refractivity contribution in [3.63, 3.8) is 0 Å². The van der Waals surface area contributed by atoms with E-state index in [2.05, 4.69) is 17.1 Å². The maximum absolute atomic E-state index is 11.8. The molecule has 112 valence electrons. The summed E-state index contributed by atoms with van der Waals surface area (Å²) in [6.45, 7) is 7.75. The van der Waals surface area contributed by atoms with Gasteiger partial charge in [-0.25, -0.2) is 0 Å². The molecular formula is C14H25N5O. The molecule has 6 heteroatoms. The molecule has 0 radical (unpaired) electrons. The molecule has 0 unspecified atom stereocenters. The number of nitrogens with two attached hydrogens (primary N) is 1. The predicted octanol–water partition coefficient (Wildman–Crippen LogP) is -0.114. The second-order valence-corrected chi connectivity index (χ2v) is 4.93. The molecule has 1 heterocycles. The molecule has 6 nitrogen and oxygen atoms in total. The molecule has 1 aliphatic rings. The number of hydrogen-bond acceptors (Lipinski definition) is 5. The normalized spacial score (nSPS) is 16.9. The summed E-state index contributed by atoms with van der Waals surface area (Å²) in [7, 11) is 0. The molecule has 1 amide bonds. The Morgan fingerprint density at radius 3 is 2.65 bits per heavy atom. The Labute approximate surface area is 121 Å². The van der Waals surface area contributed by atoms with Crippen LogP contribution in [0.25, 0.3) is 0 Å². The lowest BCUT2D eigenvalue weighted by Crippen LogP contribution is -2.46. The number of carbonyl (C=O) groups excluding carboxylic acids is 1. The Hall–Kier alpha value is -1.58. The van der Waals surface area contributed by atoms with Gasteiger partial charge in [0.1, 0.15) is 11.6 Å². The highest BCUT2D eigenvalue weighted by atomic mass is 16.1. The Bertz CT molecular complexity index is 366. The molecule has 1 saturated heterocycles. The number of piperazine rings is 1. The molecule has 20 heavy (non-hydrogen) atoms. The van der Waals surface area contributed by atoms with Crippen molar-refractivity contribution in [3.05, 3.63) is 11.8 Å². The van der Waals surface area contributed by atoms with Gasteiger partial charge in [-0.1, -0.05) is 13.3 Å². The molecule has 3 N–H and O–H groups in total. The maximum Gasteiger partial charge on any atom is 0.263 e. The van der Waals surface area contributed by atoms with Crippen LogP contribution in [-0.2, 0) is 4.79 Å². The minimum Gasteiger partial charge on any atom is -0.374 e. The molecule has 1 fully saturated rings. The number of nitrogens with one attached hydrogen (secondary N) is 1. The summed E-state index contributed by atoms with van der Waals surface area (Å²) in [5.74, 6) is -0.273. The summed E-state index contributed by atoms with van der Waals surface area (Å²) in [6.07, 6.45) is 3.64. The van der Waals surface area contributed by atoms with Crippen molar-refractivity contribution in [3.8, 4) is 6.07 Å². The minimum absolute atomic E-state index is 0.188. The first-order chi connectivity index (χ1) is 9.71. The Balaban J connectivity index is 2.45. The van der Waals surface area contributed by atoms with Gasteiger partial charge >= 0.3 is 0 Å². The Morgan fingerprint density at radius 1 is 1.40 bits per heavy atom. The van der Waals surface area contributed by atoms with Crippen molar-refractivity contribution in [2.24, 2.45) is 5.73 Å². The van der Waals surface area contributed by atoms with Gasteiger partial charge in [0.2, 0.25) is 0 Å². The zero-order valence-electron chi connectivity index (χ0n) is 12.3. The van der Waals surface area contributed by atoms with Crippen LogP contribution in [0.3, 0.4) is 0 Å². The summed E-state index contributed by atoms with van der Waals surface area (Å²) < 4.78 is 0. The van der Waals surface area contributed by atoms with Crippen molar-refractivity contribution >= 4 is 5.91 Å². The van der Waals surface area contributed by atoms with Gasteiger partial charge in [-0.15, -0.1) is 0 Å². The molecule has 0 aromatic heterocycles. The average Bonchev–Trinajstić information content (AvgIpc) is 2.47. The van der Waals surface area contributed by atoms with E-state index in [4.69, 9.17) is 11.0 Å². The van der Waals surface area contributed by atoms with Crippen LogP contribution >= 0.6 is 0 Å². The summed E-state index contributed by atoms with van der Waals surface area (Å²) in [6, 6.07) is 1.99. The second-order valence-electron chi connectivity index (χ2n) is 4.93. The second kappa shape index (κ2) is 9.34. The number of carbonyl (C=O) groups is 1. The Morgan fingerprint density at radius 2 is 2.10 bits per heavy atom. The smallest absolute Gasteiger partial charge is 0.263 e. The molecule has 1 rings (SSSR count). The molecule has 0 bridgehead atoms. The Kier molecular flexibility index (Phi) is 7.70. The van der Waals surface area contributed by atoms with Crippen LogP contribution in [0.5, 0.6) is 0 Å². The van der Waals surface area contributed by atoms with Gasteiger partial charge in [0, 0.05) is 52.0 Å². The number of amides is 1. The van der Waals surface area contributed by atoms with Crippen LogP contribution in [0.15, 0.2) is 11.8 Å². The summed E-state index contributed by atoms with van der Waals surface area (Å²) in [4.78, 5) is 16.2. The van der Waals surface area contributed by atoms with E-state index in [1.165, 1.54) is 0 Å². The van der Waals surface area contributed by atoms with Crippen molar-refractivity contribution in [2.75, 3.05) is 45.8 Å². The zero-order valence-corrected chi connectivity index (χ0v) is 12.3. The van der Waals surface area contributed by atoms with E-state index >= 15 is 0 Å². The van der Waals surface area contributed by atoms with Gasteiger partial charge in [-0.2, -0.15) is 5.26 Å². The van der Waals surface area contributed by atoms with Crippen molar-refractivity contribution in [2.45, 2.75) is 19.8 Å². The molecule has 0 aromatic carbocycles. The third-order valence-corrected chi connectivity index (χ3v) is 3.34. The van der Waals surface area contributed by atoms with Crippen LogP contribution in [0.1, 0.15) is 19.8 Å². The van der Waals surface area contributed by atoms with Gasteiger partial charge in [0.05, 0.1) is 0 Å². The van der Waals surface area contributed by atoms with Gasteiger partial charge < -0.3 is 16.0 Å². The maximum atomic E-state index is 11.8. The number of hydrogen-bond donors (Lipinski definition) is 2. The topological polar surface area (TPSA) is 85.4 Å². The van der Waals surface area contributed by atoms with Crippen LogP contribution in [0.2, 0.25) is 0 Å². The van der Waals surface area contributed by atoms with Crippen LogP contribution in [0.4, 0.5) is 0 Å². The van der Waals surface area contributed by atoms with E-state index in [1.54, 1.807) is 6.20 Å². The van der Waals surface area contributed by atoms with Crippen LogP contribution in [0, 0.1) is 11.3 Å². The number of nitrogens with zero attached hydrogens (tertiary/aromatic N) is 3. The van der Waals surface area contributed by atoms with Gasteiger partial charge in [0.25, 0.3) is 5.91 Å². The lowest BCUT2D eigenvalue weighted by molar-refractivity contribution is -0.117. The number of nitriles is 1. The summed E-state index contributed by atoms with van der Waals surface area (Å²) in [5.41, 5.74) is 5.72. The van der Waals surface area contributed by atoms with Gasteiger partial charge in [-0.3, -0.25) is 9.69 Å². The molecule has 0 spiro atoms. The highest BCUT2D eigenvalue weighted by molar-refractivity contribution is 5.97. The van der Waals surface area contributed by atoms with Crippen molar-refractivity contribution in [1.82, 2.24) is 15.1 Å². The van der Waals surface area contributed by atoms with Crippen molar-refractivity contribution in [1.29, 1.82) is 5.26 Å². The van der Waals surface area contributed by atoms with E-state index in [0.717, 1.165) is 45.6 Å². The SMILES string of the molecule is CCCCNC(=O)/C(C#N)=C\N1CCN(CCN)CC1.